The zero-order valence-electron chi connectivity index (χ0n) is 9.51. The summed E-state index contributed by atoms with van der Waals surface area (Å²) >= 11 is 9.29. The average Bonchev–Trinajstić information content (AvgIpc) is 2.36. The Labute approximate surface area is 119 Å². The summed E-state index contributed by atoms with van der Waals surface area (Å²) in [7, 11) is 0. The van der Waals surface area contributed by atoms with Crippen LogP contribution >= 0.6 is 27.5 Å². The van der Waals surface area contributed by atoms with Crippen molar-refractivity contribution in [3.63, 3.8) is 0 Å². The largest absolute Gasteiger partial charge is 0.483 e. The van der Waals surface area contributed by atoms with Gasteiger partial charge in [0, 0.05) is 23.3 Å². The number of ether oxygens (including phenoxy) is 1. The van der Waals surface area contributed by atoms with Crippen LogP contribution in [0, 0.1) is 0 Å². The van der Waals surface area contributed by atoms with Crippen molar-refractivity contribution < 1.29 is 4.74 Å². The van der Waals surface area contributed by atoms with Gasteiger partial charge >= 0.3 is 0 Å². The Morgan fingerprint density at radius 1 is 1.33 bits per heavy atom. The molecule has 2 N–H and O–H groups in total. The van der Waals surface area contributed by atoms with Gasteiger partial charge in [-0.3, -0.25) is 4.98 Å². The summed E-state index contributed by atoms with van der Waals surface area (Å²) in [4.78, 5) is 3.98. The maximum atomic E-state index is 5.86. The molecule has 0 bridgehead atoms. The molecule has 1 heterocycles. The third kappa shape index (κ3) is 3.45. The fraction of sp³-hybridized carbons (Fsp3) is 0.154. The summed E-state index contributed by atoms with van der Waals surface area (Å²) < 4.78 is 6.78. The second-order valence-corrected chi connectivity index (χ2v) is 5.09. The Morgan fingerprint density at radius 3 is 2.83 bits per heavy atom. The Kier molecular flexibility index (Phi) is 4.58. The number of aromatic nitrogens is 1. The van der Waals surface area contributed by atoms with Gasteiger partial charge in [0.25, 0.3) is 0 Å². The van der Waals surface area contributed by atoms with Gasteiger partial charge in [0.2, 0.25) is 0 Å². The number of pyridine rings is 1. The molecule has 18 heavy (non-hydrogen) atoms. The molecular formula is C13H12BrClN2O. The maximum Gasteiger partial charge on any atom is 0.140 e. The van der Waals surface area contributed by atoms with Crippen molar-refractivity contribution in [1.29, 1.82) is 0 Å². The van der Waals surface area contributed by atoms with Crippen LogP contribution < -0.4 is 10.5 Å². The Hall–Kier alpha value is -1.10. The van der Waals surface area contributed by atoms with Crippen LogP contribution in [0.1, 0.15) is 11.7 Å². The van der Waals surface area contributed by atoms with E-state index in [9.17, 15) is 0 Å². The summed E-state index contributed by atoms with van der Waals surface area (Å²) in [6.45, 7) is 0.378. The second-order valence-electron chi connectivity index (χ2n) is 3.74. The molecule has 0 radical (unpaired) electrons. The molecule has 0 aliphatic carbocycles. The van der Waals surface area contributed by atoms with Crippen molar-refractivity contribution in [1.82, 2.24) is 4.98 Å². The van der Waals surface area contributed by atoms with E-state index in [-0.39, 0.29) is 6.10 Å². The number of rotatable bonds is 4. The molecule has 3 nitrogen and oxygen atoms in total. The SMILES string of the molecule is NCC(Oc1cncc(Cl)c1)c1cccc(Br)c1. The first-order valence-corrected chi connectivity index (χ1v) is 6.59. The molecule has 94 valence electrons. The van der Waals surface area contributed by atoms with E-state index >= 15 is 0 Å². The molecule has 0 aliphatic rings. The molecule has 0 aliphatic heterocycles. The predicted octanol–water partition coefficient (Wildman–Crippen LogP) is 3.58. The minimum Gasteiger partial charge on any atom is -0.483 e. The fourth-order valence-corrected chi connectivity index (χ4v) is 2.16. The van der Waals surface area contributed by atoms with E-state index in [1.54, 1.807) is 18.5 Å². The van der Waals surface area contributed by atoms with Crippen molar-refractivity contribution in [2.45, 2.75) is 6.10 Å². The number of nitrogens with two attached hydrogens (primary N) is 1. The molecule has 1 aromatic carbocycles. The molecule has 0 fully saturated rings. The number of hydrogen-bond acceptors (Lipinski definition) is 3. The normalized spacial score (nSPS) is 12.2. The van der Waals surface area contributed by atoms with Gasteiger partial charge in [-0.25, -0.2) is 0 Å². The Bertz CT molecular complexity index is 536. The van der Waals surface area contributed by atoms with Crippen LogP contribution in [0.25, 0.3) is 0 Å². The third-order valence-electron chi connectivity index (χ3n) is 2.39. The van der Waals surface area contributed by atoms with E-state index in [0.717, 1.165) is 10.0 Å². The van der Waals surface area contributed by atoms with Crippen LogP contribution in [-0.2, 0) is 0 Å². The molecule has 0 saturated heterocycles. The van der Waals surface area contributed by atoms with Gasteiger partial charge in [0.05, 0.1) is 11.2 Å². The summed E-state index contributed by atoms with van der Waals surface area (Å²) in [5.74, 6) is 0.609. The lowest BCUT2D eigenvalue weighted by molar-refractivity contribution is 0.213. The van der Waals surface area contributed by atoms with Gasteiger partial charge in [-0.1, -0.05) is 39.7 Å². The molecule has 5 heteroatoms. The maximum absolute atomic E-state index is 5.86. The summed E-state index contributed by atoms with van der Waals surface area (Å²) in [5, 5.41) is 0.539. The van der Waals surface area contributed by atoms with E-state index < -0.39 is 0 Å². The van der Waals surface area contributed by atoms with E-state index in [1.807, 2.05) is 24.3 Å². The fourth-order valence-electron chi connectivity index (χ4n) is 1.58. The molecule has 1 unspecified atom stereocenters. The van der Waals surface area contributed by atoms with Crippen molar-refractivity contribution in [2.75, 3.05) is 6.54 Å². The summed E-state index contributed by atoms with van der Waals surface area (Å²) in [6, 6.07) is 9.57. The van der Waals surface area contributed by atoms with Gasteiger partial charge < -0.3 is 10.5 Å². The van der Waals surface area contributed by atoms with Crippen LogP contribution in [0.15, 0.2) is 47.2 Å². The molecule has 1 atom stereocenters. The minimum absolute atomic E-state index is 0.220. The molecular weight excluding hydrogens is 316 g/mol. The van der Waals surface area contributed by atoms with Gasteiger partial charge in [0.15, 0.2) is 0 Å². The van der Waals surface area contributed by atoms with E-state index in [1.165, 1.54) is 0 Å². The average molecular weight is 328 g/mol. The van der Waals surface area contributed by atoms with Gasteiger partial charge in [-0.15, -0.1) is 0 Å². The van der Waals surface area contributed by atoms with Gasteiger partial charge in [-0.05, 0) is 17.7 Å². The van der Waals surface area contributed by atoms with Crippen LogP contribution in [0.2, 0.25) is 5.02 Å². The lowest BCUT2D eigenvalue weighted by atomic mass is 10.1. The first-order valence-electron chi connectivity index (χ1n) is 5.42. The van der Waals surface area contributed by atoms with Gasteiger partial charge in [0.1, 0.15) is 11.9 Å². The first kappa shape index (κ1) is 13.3. The molecule has 0 amide bonds. The van der Waals surface area contributed by atoms with Crippen molar-refractivity contribution in [2.24, 2.45) is 5.73 Å². The highest BCUT2D eigenvalue weighted by molar-refractivity contribution is 9.10. The van der Waals surface area contributed by atoms with Crippen molar-refractivity contribution in [3.05, 3.63) is 57.8 Å². The minimum atomic E-state index is -0.220. The standard InChI is InChI=1S/C13H12BrClN2O/c14-10-3-1-2-9(4-10)13(6-16)18-12-5-11(15)7-17-8-12/h1-5,7-8,13H,6,16H2. The lowest BCUT2D eigenvalue weighted by Gasteiger charge is -2.17. The van der Waals surface area contributed by atoms with Crippen molar-refractivity contribution in [3.8, 4) is 5.75 Å². The molecule has 2 rings (SSSR count). The topological polar surface area (TPSA) is 48.1 Å². The Balaban J connectivity index is 2.19. The van der Waals surface area contributed by atoms with E-state index in [0.29, 0.717) is 17.3 Å². The third-order valence-corrected chi connectivity index (χ3v) is 3.09. The Morgan fingerprint density at radius 2 is 2.17 bits per heavy atom. The number of benzene rings is 1. The predicted molar refractivity (Wildman–Crippen MR) is 75.8 cm³/mol. The number of hydrogen-bond donors (Lipinski definition) is 1. The molecule has 1 aromatic heterocycles. The zero-order valence-corrected chi connectivity index (χ0v) is 11.9. The first-order chi connectivity index (χ1) is 8.69. The number of nitrogens with zero attached hydrogens (tertiary/aromatic N) is 1. The highest BCUT2D eigenvalue weighted by Gasteiger charge is 2.12. The zero-order chi connectivity index (χ0) is 13.0. The van der Waals surface area contributed by atoms with Crippen LogP contribution in [-0.4, -0.2) is 11.5 Å². The van der Waals surface area contributed by atoms with Crippen LogP contribution in [0.3, 0.4) is 0 Å². The number of halogens is 2. The molecule has 0 saturated carbocycles. The van der Waals surface area contributed by atoms with Gasteiger partial charge in [-0.2, -0.15) is 0 Å². The smallest absolute Gasteiger partial charge is 0.140 e. The highest BCUT2D eigenvalue weighted by Crippen LogP contribution is 2.24. The second kappa shape index (κ2) is 6.18. The lowest BCUT2D eigenvalue weighted by Crippen LogP contribution is -2.18. The monoisotopic (exact) mass is 326 g/mol. The van der Waals surface area contributed by atoms with Crippen molar-refractivity contribution >= 4 is 27.5 Å². The van der Waals surface area contributed by atoms with E-state index in [4.69, 9.17) is 22.1 Å². The quantitative estimate of drug-likeness (QED) is 0.934. The molecule has 0 spiro atoms. The van der Waals surface area contributed by atoms with Crippen LogP contribution in [0.4, 0.5) is 0 Å². The molecule has 2 aromatic rings. The van der Waals surface area contributed by atoms with E-state index in [2.05, 4.69) is 20.9 Å². The van der Waals surface area contributed by atoms with Crippen LogP contribution in [0.5, 0.6) is 5.75 Å². The summed E-state index contributed by atoms with van der Waals surface area (Å²) in [6.07, 6.45) is 2.96. The summed E-state index contributed by atoms with van der Waals surface area (Å²) in [5.41, 5.74) is 6.75. The highest BCUT2D eigenvalue weighted by atomic mass is 79.9.